The zero-order chi connectivity index (χ0) is 34.1. The third-order valence-corrected chi connectivity index (χ3v) is 6.86. The molecule has 8 N–H and O–H groups in total. The van der Waals surface area contributed by atoms with Gasteiger partial charge in [0.2, 0.25) is 11.8 Å². The smallest absolute Gasteiger partial charge is 0.294 e. The summed E-state index contributed by atoms with van der Waals surface area (Å²) in [5.74, 6) is -1.68. The number of hydrogen-bond donors (Lipinski definition) is 7. The van der Waals surface area contributed by atoms with Crippen molar-refractivity contribution in [2.24, 2.45) is 19.8 Å². The molecule has 4 rings (SSSR count). The molecule has 4 aromatic rings. The van der Waals surface area contributed by atoms with Crippen LogP contribution in [-0.4, -0.2) is 95.6 Å². The molecular formula is C27H32Cl2N14O4. The van der Waals surface area contributed by atoms with Gasteiger partial charge in [-0.15, -0.1) is 28.3 Å². The van der Waals surface area contributed by atoms with E-state index in [4.69, 9.17) is 34.3 Å². The number of carbonyl (C=O) groups excluding carboxylic acids is 4. The molecule has 0 atom stereocenters. The minimum absolute atomic E-state index is 0.0358. The number of aromatic nitrogens is 7. The predicted octanol–water partition coefficient (Wildman–Crippen LogP) is 1.37. The minimum Gasteiger partial charge on any atom is -0.388 e. The maximum atomic E-state index is 12.9. The number of nitrogens with one attached hydrogen (secondary N) is 6. The number of alkyl halides is 2. The molecular weight excluding hydrogens is 655 g/mol. The molecule has 47 heavy (non-hydrogen) atoms. The van der Waals surface area contributed by atoms with Crippen molar-refractivity contribution in [1.29, 1.82) is 5.41 Å². The number of carbonyl (C=O) groups is 4. The maximum Gasteiger partial charge on any atom is 0.294 e. The second-order valence-electron chi connectivity index (χ2n) is 9.89. The van der Waals surface area contributed by atoms with Gasteiger partial charge in [-0.1, -0.05) is 0 Å². The lowest BCUT2D eigenvalue weighted by Gasteiger charge is -2.22. The lowest BCUT2D eigenvalue weighted by Crippen LogP contribution is -2.29. The predicted molar refractivity (Wildman–Crippen MR) is 176 cm³/mol. The first-order valence-electron chi connectivity index (χ1n) is 14.0. The molecule has 0 bridgehead atoms. The highest BCUT2D eigenvalue weighted by atomic mass is 35.5. The second kappa shape index (κ2) is 15.7. The summed E-state index contributed by atoms with van der Waals surface area (Å²) in [4.78, 5) is 56.8. The van der Waals surface area contributed by atoms with Crippen LogP contribution in [0.4, 0.5) is 23.3 Å². The van der Waals surface area contributed by atoms with Crippen LogP contribution in [0.1, 0.15) is 48.4 Å². The number of benzene rings is 1. The van der Waals surface area contributed by atoms with Crippen LogP contribution < -0.4 is 31.9 Å². The van der Waals surface area contributed by atoms with Crippen molar-refractivity contribution in [3.05, 3.63) is 59.2 Å². The zero-order valence-corrected chi connectivity index (χ0v) is 26.8. The highest BCUT2D eigenvalue weighted by Crippen LogP contribution is 2.17. The van der Waals surface area contributed by atoms with E-state index in [-0.39, 0.29) is 53.6 Å². The van der Waals surface area contributed by atoms with Crippen molar-refractivity contribution in [2.45, 2.75) is 6.42 Å². The highest BCUT2D eigenvalue weighted by molar-refractivity contribution is 6.18. The average Bonchev–Trinajstić information content (AvgIpc) is 3.75. The van der Waals surface area contributed by atoms with Gasteiger partial charge in [0.05, 0.1) is 5.84 Å². The third kappa shape index (κ3) is 9.04. The van der Waals surface area contributed by atoms with E-state index in [2.05, 4.69) is 46.6 Å². The molecule has 0 spiro atoms. The van der Waals surface area contributed by atoms with Crippen LogP contribution >= 0.6 is 23.2 Å². The number of nitrogens with two attached hydrogens (primary N) is 1. The number of rotatable bonds is 15. The molecule has 3 aromatic heterocycles. The summed E-state index contributed by atoms with van der Waals surface area (Å²) < 4.78 is 2.53. The van der Waals surface area contributed by atoms with Crippen molar-refractivity contribution < 1.29 is 19.2 Å². The standard InChI is InChI=1S/C27H32Cl2N14O4/c1-41-17(24(45)32-10-7-19(30)31)13-20(39-41)33-25(46)18-14-21(40-42(18)2)34-26(47)22-35-27(38-37-22)36-23(44)15-3-5-16(6-4-15)43(11-8-28)12-9-29/h3-6,13-14H,7-12H2,1-2H3,(H3,30,31)(H,32,45)(H,33,39,46)(H,34,40,47)(H2,35,36,37,38,44). The first kappa shape index (κ1) is 34.4. The fourth-order valence-electron chi connectivity index (χ4n) is 4.23. The molecule has 18 nitrogen and oxygen atoms in total. The Morgan fingerprint density at radius 3 is 2.02 bits per heavy atom. The molecule has 1 aromatic carbocycles. The van der Waals surface area contributed by atoms with Crippen molar-refractivity contribution in [3.8, 4) is 0 Å². The van der Waals surface area contributed by atoms with E-state index >= 15 is 0 Å². The molecule has 0 aliphatic rings. The molecule has 0 aliphatic carbocycles. The lowest BCUT2D eigenvalue weighted by molar-refractivity contribution is 0.0943. The molecule has 20 heteroatoms. The number of amides is 4. The molecule has 4 amide bonds. The number of anilines is 4. The lowest BCUT2D eigenvalue weighted by atomic mass is 10.2. The van der Waals surface area contributed by atoms with Crippen molar-refractivity contribution in [2.75, 3.05) is 52.2 Å². The average molecular weight is 688 g/mol. The number of aromatic amines is 1. The number of halogens is 2. The van der Waals surface area contributed by atoms with Crippen LogP contribution in [0.2, 0.25) is 0 Å². The highest BCUT2D eigenvalue weighted by Gasteiger charge is 2.21. The van der Waals surface area contributed by atoms with Crippen LogP contribution in [-0.2, 0) is 14.1 Å². The van der Waals surface area contributed by atoms with E-state index in [1.807, 2.05) is 4.90 Å². The monoisotopic (exact) mass is 686 g/mol. The van der Waals surface area contributed by atoms with Gasteiger partial charge >= 0.3 is 0 Å². The van der Waals surface area contributed by atoms with Crippen molar-refractivity contribution in [1.82, 2.24) is 40.1 Å². The molecule has 0 saturated carbocycles. The van der Waals surface area contributed by atoms with E-state index < -0.39 is 23.6 Å². The van der Waals surface area contributed by atoms with E-state index in [0.717, 1.165) is 5.69 Å². The van der Waals surface area contributed by atoms with E-state index in [0.29, 0.717) is 30.4 Å². The van der Waals surface area contributed by atoms with Gasteiger partial charge in [-0.25, -0.2) is 0 Å². The minimum atomic E-state index is -0.726. The Morgan fingerprint density at radius 2 is 1.45 bits per heavy atom. The Morgan fingerprint density at radius 1 is 0.872 bits per heavy atom. The summed E-state index contributed by atoms with van der Waals surface area (Å²) in [6, 6.07) is 9.54. The fraction of sp³-hybridized carbons (Fsp3) is 0.296. The number of aryl methyl sites for hydroxylation is 2. The van der Waals surface area contributed by atoms with Crippen LogP contribution in [0.3, 0.4) is 0 Å². The number of nitrogens with zero attached hydrogens (tertiary/aromatic N) is 7. The first-order valence-corrected chi connectivity index (χ1v) is 15.1. The van der Waals surface area contributed by atoms with Crippen LogP contribution in [0.15, 0.2) is 36.4 Å². The molecule has 0 unspecified atom stereocenters. The Labute approximate surface area is 277 Å². The van der Waals surface area contributed by atoms with Gasteiger partial charge in [0.1, 0.15) is 11.4 Å². The Bertz CT molecular complexity index is 1760. The van der Waals surface area contributed by atoms with Gasteiger partial charge in [-0.3, -0.25) is 44.4 Å². The first-order chi connectivity index (χ1) is 22.5. The fourth-order valence-corrected chi connectivity index (χ4v) is 4.64. The van der Waals surface area contributed by atoms with Gasteiger partial charge in [0, 0.05) is 75.3 Å². The van der Waals surface area contributed by atoms with Crippen LogP contribution in [0.25, 0.3) is 0 Å². The summed E-state index contributed by atoms with van der Waals surface area (Å²) in [5, 5.41) is 32.1. The summed E-state index contributed by atoms with van der Waals surface area (Å²) >= 11 is 11.7. The normalized spacial score (nSPS) is 10.7. The maximum absolute atomic E-state index is 12.9. The topological polar surface area (TPSA) is 247 Å². The van der Waals surface area contributed by atoms with Crippen LogP contribution in [0.5, 0.6) is 0 Å². The van der Waals surface area contributed by atoms with E-state index in [1.54, 1.807) is 24.3 Å². The number of amidine groups is 1. The molecule has 0 fully saturated rings. The molecule has 3 heterocycles. The number of hydrogen-bond acceptors (Lipinski definition) is 10. The number of H-pyrrole nitrogens is 1. The zero-order valence-electron chi connectivity index (χ0n) is 25.3. The van der Waals surface area contributed by atoms with Crippen molar-refractivity contribution >= 4 is 75.9 Å². The van der Waals surface area contributed by atoms with Crippen LogP contribution in [0, 0.1) is 5.41 Å². The Balaban J connectivity index is 1.33. The Hall–Kier alpha value is -5.49. The molecule has 0 saturated heterocycles. The summed E-state index contributed by atoms with van der Waals surface area (Å²) in [6.07, 6.45) is 0.196. The van der Waals surface area contributed by atoms with Gasteiger partial charge < -0.3 is 26.6 Å². The largest absolute Gasteiger partial charge is 0.388 e. The quantitative estimate of drug-likeness (QED) is 0.0537. The Kier molecular flexibility index (Phi) is 11.5. The third-order valence-electron chi connectivity index (χ3n) is 6.52. The molecule has 0 radical (unpaired) electrons. The van der Waals surface area contributed by atoms with Gasteiger partial charge in [0.15, 0.2) is 11.6 Å². The molecule has 248 valence electrons. The summed E-state index contributed by atoms with van der Waals surface area (Å²) in [5.41, 5.74) is 6.75. The summed E-state index contributed by atoms with van der Waals surface area (Å²) in [7, 11) is 3.03. The SMILES string of the molecule is Cn1nc(NC(=O)c2cc(NC(=O)c3nc(NC(=O)c4ccc(N(CCCl)CCCl)cc4)n[nH]3)nn2C)cc1C(=O)NCCC(=N)N. The second-order valence-corrected chi connectivity index (χ2v) is 10.6. The van der Waals surface area contributed by atoms with E-state index in [1.165, 1.54) is 35.6 Å². The van der Waals surface area contributed by atoms with Gasteiger partial charge in [-0.05, 0) is 24.3 Å². The van der Waals surface area contributed by atoms with Gasteiger partial charge in [-0.2, -0.15) is 15.2 Å². The molecule has 0 aliphatic heterocycles. The van der Waals surface area contributed by atoms with E-state index in [9.17, 15) is 19.2 Å². The summed E-state index contributed by atoms with van der Waals surface area (Å²) in [6.45, 7) is 1.38. The van der Waals surface area contributed by atoms with Gasteiger partial charge in [0.25, 0.3) is 23.6 Å². The van der Waals surface area contributed by atoms with Crippen molar-refractivity contribution in [3.63, 3.8) is 0 Å².